The number of hydrogen-bond donors (Lipinski definition) is 0. The summed E-state index contributed by atoms with van der Waals surface area (Å²) in [5, 5.41) is 0. The van der Waals surface area contributed by atoms with E-state index >= 15 is 0 Å². The first-order valence-corrected chi connectivity index (χ1v) is 20.3. The number of anilines is 6. The molecule has 8 aromatic rings. The highest BCUT2D eigenvalue weighted by Crippen LogP contribution is 2.53. The monoisotopic (exact) mass is 746 g/mol. The van der Waals surface area contributed by atoms with Gasteiger partial charge in [-0.2, -0.15) is 0 Å². The molecule has 2 aliphatic carbocycles. The summed E-state index contributed by atoms with van der Waals surface area (Å²) in [6, 6.07) is 70.7. The van der Waals surface area contributed by atoms with E-state index in [1.807, 2.05) is 0 Å². The number of rotatable bonds is 8. The zero-order valence-electron chi connectivity index (χ0n) is 33.5. The Morgan fingerprint density at radius 3 is 1.17 bits per heavy atom. The fourth-order valence-corrected chi connectivity index (χ4v) is 9.37. The lowest BCUT2D eigenvalue weighted by Crippen LogP contribution is -2.18. The van der Waals surface area contributed by atoms with Crippen molar-refractivity contribution in [3.8, 4) is 22.3 Å². The zero-order chi connectivity index (χ0) is 39.4. The Kier molecular flexibility index (Phi) is 8.53. The molecule has 0 heterocycles. The van der Waals surface area contributed by atoms with Gasteiger partial charge in [0.05, 0.1) is 0 Å². The lowest BCUT2D eigenvalue weighted by atomic mass is 9.81. The summed E-state index contributed by atoms with van der Waals surface area (Å²) in [7, 11) is 0. The third-order valence-electron chi connectivity index (χ3n) is 12.4. The van der Waals surface area contributed by atoms with Crippen molar-refractivity contribution in [1.82, 2.24) is 0 Å². The van der Waals surface area contributed by atoms with Gasteiger partial charge < -0.3 is 9.80 Å². The van der Waals surface area contributed by atoms with Gasteiger partial charge in [0.15, 0.2) is 0 Å². The van der Waals surface area contributed by atoms with Crippen LogP contribution in [-0.2, 0) is 10.8 Å². The molecule has 0 aromatic heterocycles. The average Bonchev–Trinajstić information content (AvgIpc) is 3.63. The fourth-order valence-electron chi connectivity index (χ4n) is 9.37. The minimum absolute atomic E-state index is 0.0760. The molecule has 0 saturated heterocycles. The molecule has 0 unspecified atom stereocenters. The van der Waals surface area contributed by atoms with E-state index < -0.39 is 0 Å². The van der Waals surface area contributed by atoms with E-state index in [0.717, 1.165) is 28.3 Å². The standard InChI is InChI=1S/C56H46N2/c1-55(2)51-23-15-14-22-47(51)49-34-31-45(37-53(49)55)58(43-20-12-7-13-21-43)46-32-35-50-48-33-28-40(36-52(48)56(3,4)54(50)38-46)25-24-39-26-29-44(30-27-39)57(41-16-8-5-9-17-41)42-18-10-6-11-19-42/h5-38H,1-4H3/b25-24+. The smallest absolute Gasteiger partial charge is 0.0465 e. The van der Waals surface area contributed by atoms with Crippen molar-refractivity contribution in [3.63, 3.8) is 0 Å². The summed E-state index contributed by atoms with van der Waals surface area (Å²) in [5.74, 6) is 0. The summed E-state index contributed by atoms with van der Waals surface area (Å²) >= 11 is 0. The van der Waals surface area contributed by atoms with Crippen LogP contribution in [0.15, 0.2) is 194 Å². The van der Waals surface area contributed by atoms with Gasteiger partial charge in [0, 0.05) is 45.0 Å². The first kappa shape index (κ1) is 35.5. The highest BCUT2D eigenvalue weighted by Gasteiger charge is 2.38. The van der Waals surface area contributed by atoms with Crippen molar-refractivity contribution in [2.75, 3.05) is 9.80 Å². The first-order valence-electron chi connectivity index (χ1n) is 20.3. The van der Waals surface area contributed by atoms with Gasteiger partial charge in [0.2, 0.25) is 0 Å². The number of benzene rings is 8. The molecule has 0 spiro atoms. The van der Waals surface area contributed by atoms with E-state index in [0.29, 0.717) is 0 Å². The summed E-state index contributed by atoms with van der Waals surface area (Å²) in [6.07, 6.45) is 4.47. The van der Waals surface area contributed by atoms with E-state index in [1.54, 1.807) is 0 Å². The third kappa shape index (κ3) is 5.96. The zero-order valence-corrected chi connectivity index (χ0v) is 33.5. The predicted octanol–water partition coefficient (Wildman–Crippen LogP) is 15.4. The Bertz CT molecular complexity index is 2780. The molecule has 0 radical (unpaired) electrons. The average molecular weight is 747 g/mol. The van der Waals surface area contributed by atoms with Crippen LogP contribution in [0.1, 0.15) is 61.1 Å². The predicted molar refractivity (Wildman–Crippen MR) is 246 cm³/mol. The largest absolute Gasteiger partial charge is 0.311 e. The van der Waals surface area contributed by atoms with E-state index in [2.05, 4.69) is 244 Å². The number of para-hydroxylation sites is 3. The van der Waals surface area contributed by atoms with Crippen LogP contribution in [0.4, 0.5) is 34.1 Å². The van der Waals surface area contributed by atoms with Gasteiger partial charge in [-0.3, -0.25) is 0 Å². The number of hydrogen-bond acceptors (Lipinski definition) is 2. The molecule has 0 atom stereocenters. The van der Waals surface area contributed by atoms with Crippen LogP contribution in [0, 0.1) is 0 Å². The molecule has 2 nitrogen and oxygen atoms in total. The van der Waals surface area contributed by atoms with Gasteiger partial charge in [-0.25, -0.2) is 0 Å². The second-order valence-corrected chi connectivity index (χ2v) is 16.7. The summed E-state index contributed by atoms with van der Waals surface area (Å²) in [5.41, 5.74) is 19.8. The van der Waals surface area contributed by atoms with Crippen LogP contribution in [0.2, 0.25) is 0 Å². The van der Waals surface area contributed by atoms with Crippen LogP contribution in [0.3, 0.4) is 0 Å². The molecule has 0 amide bonds. The van der Waals surface area contributed by atoms with Gasteiger partial charge >= 0.3 is 0 Å². The Morgan fingerprint density at radius 2 is 0.638 bits per heavy atom. The molecule has 0 bridgehead atoms. The maximum atomic E-state index is 2.43. The molecule has 2 heteroatoms. The van der Waals surface area contributed by atoms with Crippen LogP contribution in [0.25, 0.3) is 34.4 Å². The fraction of sp³-hybridized carbons (Fsp3) is 0.107. The summed E-state index contributed by atoms with van der Waals surface area (Å²) in [6.45, 7) is 9.46. The van der Waals surface area contributed by atoms with Crippen LogP contribution in [0.5, 0.6) is 0 Å². The number of fused-ring (bicyclic) bond motifs is 6. The minimum atomic E-state index is -0.172. The van der Waals surface area contributed by atoms with Gasteiger partial charge in [0.25, 0.3) is 0 Å². The molecule has 0 fully saturated rings. The highest BCUT2D eigenvalue weighted by molar-refractivity contribution is 5.89. The van der Waals surface area contributed by atoms with Crippen LogP contribution in [-0.4, -0.2) is 0 Å². The molecule has 8 aromatic carbocycles. The Labute approximate surface area is 343 Å². The Hall–Kier alpha value is -6.90. The molecule has 280 valence electrons. The lowest BCUT2D eigenvalue weighted by Gasteiger charge is -2.29. The maximum absolute atomic E-state index is 2.43. The van der Waals surface area contributed by atoms with E-state index in [4.69, 9.17) is 0 Å². The molecular formula is C56H46N2. The quantitative estimate of drug-likeness (QED) is 0.143. The van der Waals surface area contributed by atoms with Gasteiger partial charge in [-0.1, -0.05) is 161 Å². The Morgan fingerprint density at radius 1 is 0.293 bits per heavy atom. The molecule has 0 aliphatic heterocycles. The molecule has 58 heavy (non-hydrogen) atoms. The first-order chi connectivity index (χ1) is 28.3. The van der Waals surface area contributed by atoms with Crippen molar-refractivity contribution in [2.24, 2.45) is 0 Å². The van der Waals surface area contributed by atoms with Crippen molar-refractivity contribution >= 4 is 46.3 Å². The lowest BCUT2D eigenvalue weighted by molar-refractivity contribution is 0.660. The summed E-state index contributed by atoms with van der Waals surface area (Å²) < 4.78 is 0. The van der Waals surface area contributed by atoms with E-state index in [1.165, 1.54) is 61.4 Å². The number of nitrogens with zero attached hydrogens (tertiary/aromatic N) is 2. The molecular weight excluding hydrogens is 701 g/mol. The van der Waals surface area contributed by atoms with Crippen molar-refractivity contribution < 1.29 is 0 Å². The van der Waals surface area contributed by atoms with Crippen LogP contribution < -0.4 is 9.80 Å². The SMILES string of the molecule is CC1(C)c2ccccc2-c2ccc(N(c3ccccc3)c3ccc4c(c3)C(C)(C)c3cc(/C=C/c5ccc(N(c6ccccc6)c6ccccc6)cc5)ccc3-4)cc21. The van der Waals surface area contributed by atoms with Gasteiger partial charge in [0.1, 0.15) is 0 Å². The van der Waals surface area contributed by atoms with E-state index in [-0.39, 0.29) is 10.8 Å². The topological polar surface area (TPSA) is 6.48 Å². The second-order valence-electron chi connectivity index (χ2n) is 16.7. The van der Waals surface area contributed by atoms with Crippen molar-refractivity contribution in [1.29, 1.82) is 0 Å². The Balaban J connectivity index is 0.954. The van der Waals surface area contributed by atoms with Gasteiger partial charge in [-0.05, 0) is 128 Å². The highest BCUT2D eigenvalue weighted by atomic mass is 15.1. The molecule has 0 saturated carbocycles. The van der Waals surface area contributed by atoms with Gasteiger partial charge in [-0.15, -0.1) is 0 Å². The van der Waals surface area contributed by atoms with Crippen molar-refractivity contribution in [3.05, 3.63) is 228 Å². The summed E-state index contributed by atoms with van der Waals surface area (Å²) in [4.78, 5) is 4.72. The molecule has 10 rings (SSSR count). The normalized spacial score (nSPS) is 14.1. The maximum Gasteiger partial charge on any atom is 0.0465 e. The van der Waals surface area contributed by atoms with Crippen molar-refractivity contribution in [2.45, 2.75) is 38.5 Å². The van der Waals surface area contributed by atoms with Crippen LogP contribution >= 0.6 is 0 Å². The molecule has 2 aliphatic rings. The second kappa shape index (κ2) is 13.9. The minimum Gasteiger partial charge on any atom is -0.311 e. The third-order valence-corrected chi connectivity index (χ3v) is 12.4. The van der Waals surface area contributed by atoms with E-state index in [9.17, 15) is 0 Å². The molecule has 0 N–H and O–H groups in total.